The molecule has 0 unspecified atom stereocenters. The molecule has 0 spiro atoms. The van der Waals surface area contributed by atoms with E-state index in [1.54, 1.807) is 12.2 Å². The lowest BCUT2D eigenvalue weighted by molar-refractivity contribution is -0.384. The molecule has 7 heteroatoms. The highest BCUT2D eigenvalue weighted by Gasteiger charge is 2.15. The predicted octanol–water partition coefficient (Wildman–Crippen LogP) is 2.63. The maximum absolute atomic E-state index is 10.6. The number of halogens is 2. The van der Waals surface area contributed by atoms with Gasteiger partial charge in [0.15, 0.2) is 0 Å². The smallest absolute Gasteiger partial charge is 0.311 e. The van der Waals surface area contributed by atoms with Gasteiger partial charge in [-0.1, -0.05) is 39.7 Å². The number of anilines is 1. The number of pyridine rings is 1. The summed E-state index contributed by atoms with van der Waals surface area (Å²) < 4.78 is 0. The Labute approximate surface area is 99.2 Å². The van der Waals surface area contributed by atoms with Crippen LogP contribution < -0.4 is 5.73 Å². The third-order valence-electron chi connectivity index (χ3n) is 1.59. The highest BCUT2D eigenvalue weighted by atomic mass is 79.9. The number of allylic oxidation sites excluding steroid dienone is 1. The summed E-state index contributed by atoms with van der Waals surface area (Å²) in [5.74, 6) is -0.180. The van der Waals surface area contributed by atoms with Crippen LogP contribution in [0.4, 0.5) is 11.5 Å². The van der Waals surface area contributed by atoms with Crippen LogP contribution in [0.25, 0.3) is 6.08 Å². The summed E-state index contributed by atoms with van der Waals surface area (Å²) >= 11 is 8.95. The Kier molecular flexibility index (Phi) is 4.05. The van der Waals surface area contributed by atoms with Crippen LogP contribution in [0.15, 0.2) is 12.1 Å². The minimum atomic E-state index is -0.593. The lowest BCUT2D eigenvalue weighted by atomic mass is 10.2. The van der Waals surface area contributed by atoms with Crippen LogP contribution in [-0.4, -0.2) is 15.2 Å². The fraction of sp³-hybridized carbons (Fsp3) is 0.125. The zero-order valence-corrected chi connectivity index (χ0v) is 9.83. The topological polar surface area (TPSA) is 82.0 Å². The Hall–Kier alpha value is -1.14. The number of hydrogen-bond acceptors (Lipinski definition) is 4. The Balaban J connectivity index is 3.23. The van der Waals surface area contributed by atoms with Crippen LogP contribution in [0.3, 0.4) is 0 Å². The van der Waals surface area contributed by atoms with Gasteiger partial charge in [-0.3, -0.25) is 10.1 Å². The van der Waals surface area contributed by atoms with Crippen molar-refractivity contribution in [3.63, 3.8) is 0 Å². The van der Waals surface area contributed by atoms with E-state index in [0.717, 1.165) is 0 Å². The van der Waals surface area contributed by atoms with Crippen molar-refractivity contribution in [2.75, 3.05) is 11.1 Å². The van der Waals surface area contributed by atoms with Gasteiger partial charge in [-0.2, -0.15) is 0 Å². The average molecular weight is 293 g/mol. The van der Waals surface area contributed by atoms with Gasteiger partial charge in [-0.05, 0) is 0 Å². The van der Waals surface area contributed by atoms with Crippen molar-refractivity contribution in [2.45, 2.75) is 0 Å². The summed E-state index contributed by atoms with van der Waals surface area (Å²) in [5, 5.41) is 11.3. The minimum absolute atomic E-state index is 0.148. The fourth-order valence-electron chi connectivity index (χ4n) is 0.943. The van der Waals surface area contributed by atoms with Gasteiger partial charge in [0.2, 0.25) is 5.82 Å². The highest BCUT2D eigenvalue weighted by Crippen LogP contribution is 2.26. The Morgan fingerprint density at radius 2 is 2.40 bits per heavy atom. The van der Waals surface area contributed by atoms with E-state index in [9.17, 15) is 10.1 Å². The fourth-order valence-corrected chi connectivity index (χ4v) is 1.34. The van der Waals surface area contributed by atoms with Crippen LogP contribution in [0.5, 0.6) is 0 Å². The minimum Gasteiger partial charge on any atom is -0.378 e. The first-order chi connectivity index (χ1) is 7.06. The lowest BCUT2D eigenvalue weighted by Crippen LogP contribution is -1.99. The molecule has 0 aliphatic heterocycles. The molecule has 0 radical (unpaired) electrons. The maximum Gasteiger partial charge on any atom is 0.311 e. The van der Waals surface area contributed by atoms with E-state index in [1.165, 1.54) is 6.07 Å². The van der Waals surface area contributed by atoms with E-state index < -0.39 is 4.92 Å². The molecule has 1 rings (SSSR count). The summed E-state index contributed by atoms with van der Waals surface area (Å²) in [6, 6.07) is 1.30. The van der Waals surface area contributed by atoms with Crippen LogP contribution in [-0.2, 0) is 0 Å². The van der Waals surface area contributed by atoms with Crippen molar-refractivity contribution in [1.29, 1.82) is 0 Å². The highest BCUT2D eigenvalue weighted by molar-refractivity contribution is 9.09. The number of hydrogen-bond donors (Lipinski definition) is 1. The first kappa shape index (κ1) is 11.9. The Morgan fingerprint density at radius 3 is 2.93 bits per heavy atom. The van der Waals surface area contributed by atoms with E-state index in [2.05, 4.69) is 20.9 Å². The molecule has 0 aliphatic rings. The van der Waals surface area contributed by atoms with Crippen LogP contribution >= 0.6 is 27.5 Å². The van der Waals surface area contributed by atoms with E-state index in [-0.39, 0.29) is 16.7 Å². The molecule has 1 aromatic heterocycles. The number of nitrogens with zero attached hydrogens (tertiary/aromatic N) is 2. The lowest BCUT2D eigenvalue weighted by Gasteiger charge is -2.00. The summed E-state index contributed by atoms with van der Waals surface area (Å²) in [6.07, 6.45) is 3.39. The standard InChI is InChI=1S/C8H7BrClN3O2/c9-3-1-2-5-4-6(13(14)15)8(11)12-7(5)10/h1-2,4H,3H2,(H2,11,12). The van der Waals surface area contributed by atoms with Crippen molar-refractivity contribution >= 4 is 45.1 Å². The molecule has 2 N–H and O–H groups in total. The van der Waals surface area contributed by atoms with Gasteiger partial charge in [0, 0.05) is 17.0 Å². The molecule has 0 amide bonds. The van der Waals surface area contributed by atoms with Crippen molar-refractivity contribution in [3.05, 3.63) is 33.0 Å². The SMILES string of the molecule is Nc1nc(Cl)c(C=CCBr)cc1[N+](=O)[O-]. The number of nitrogen functional groups attached to an aromatic ring is 1. The molecule has 1 heterocycles. The van der Waals surface area contributed by atoms with Gasteiger partial charge in [0.25, 0.3) is 0 Å². The molecular weight excluding hydrogens is 285 g/mol. The largest absolute Gasteiger partial charge is 0.378 e. The van der Waals surface area contributed by atoms with E-state index in [0.29, 0.717) is 10.9 Å². The summed E-state index contributed by atoms with van der Waals surface area (Å²) in [4.78, 5) is 13.7. The molecule has 15 heavy (non-hydrogen) atoms. The zero-order valence-electron chi connectivity index (χ0n) is 7.48. The van der Waals surface area contributed by atoms with Crippen molar-refractivity contribution < 1.29 is 4.92 Å². The second-order valence-electron chi connectivity index (χ2n) is 2.59. The summed E-state index contributed by atoms with van der Waals surface area (Å²) in [7, 11) is 0. The van der Waals surface area contributed by atoms with Crippen molar-refractivity contribution in [2.24, 2.45) is 0 Å². The van der Waals surface area contributed by atoms with Crippen LogP contribution in [0, 0.1) is 10.1 Å². The molecular formula is C8H7BrClN3O2. The predicted molar refractivity (Wildman–Crippen MR) is 63.1 cm³/mol. The van der Waals surface area contributed by atoms with Gasteiger partial charge in [-0.25, -0.2) is 4.98 Å². The number of nitrogens with two attached hydrogens (primary N) is 1. The second-order valence-corrected chi connectivity index (χ2v) is 3.59. The van der Waals surface area contributed by atoms with Gasteiger partial charge < -0.3 is 5.73 Å². The van der Waals surface area contributed by atoms with Crippen LogP contribution in [0.2, 0.25) is 5.15 Å². The monoisotopic (exact) mass is 291 g/mol. The average Bonchev–Trinajstić information content (AvgIpc) is 2.16. The van der Waals surface area contributed by atoms with Gasteiger partial charge in [0.1, 0.15) is 5.15 Å². The van der Waals surface area contributed by atoms with Gasteiger partial charge in [-0.15, -0.1) is 0 Å². The van der Waals surface area contributed by atoms with E-state index in [1.807, 2.05) is 0 Å². The maximum atomic E-state index is 10.6. The number of rotatable bonds is 3. The Bertz CT molecular complexity index is 423. The summed E-state index contributed by atoms with van der Waals surface area (Å²) in [6.45, 7) is 0. The zero-order chi connectivity index (χ0) is 11.4. The molecule has 0 bridgehead atoms. The van der Waals surface area contributed by atoms with E-state index >= 15 is 0 Å². The molecule has 0 fully saturated rings. The third-order valence-corrected chi connectivity index (χ3v) is 2.27. The number of aromatic nitrogens is 1. The molecule has 1 aromatic rings. The van der Waals surface area contributed by atoms with Gasteiger partial charge >= 0.3 is 5.69 Å². The molecule has 0 saturated carbocycles. The molecule has 80 valence electrons. The normalized spacial score (nSPS) is 10.8. The van der Waals surface area contributed by atoms with Crippen molar-refractivity contribution in [1.82, 2.24) is 4.98 Å². The van der Waals surface area contributed by atoms with E-state index in [4.69, 9.17) is 17.3 Å². The second kappa shape index (κ2) is 5.09. The quantitative estimate of drug-likeness (QED) is 0.402. The molecule has 5 nitrogen and oxygen atoms in total. The van der Waals surface area contributed by atoms with Gasteiger partial charge in [0.05, 0.1) is 4.92 Å². The summed E-state index contributed by atoms with van der Waals surface area (Å²) in [5.41, 5.74) is 5.58. The van der Waals surface area contributed by atoms with Crippen LogP contribution in [0.1, 0.15) is 5.56 Å². The first-order valence-corrected chi connectivity index (χ1v) is 5.39. The first-order valence-electron chi connectivity index (χ1n) is 3.89. The Morgan fingerprint density at radius 1 is 1.73 bits per heavy atom. The van der Waals surface area contributed by atoms with Crippen molar-refractivity contribution in [3.8, 4) is 0 Å². The molecule has 0 saturated heterocycles. The third kappa shape index (κ3) is 2.90. The number of nitro groups is 1. The molecule has 0 aromatic carbocycles. The number of alkyl halides is 1. The molecule has 0 atom stereocenters. The molecule has 0 aliphatic carbocycles.